The number of fused-ring (bicyclic) bond motifs is 1. The van der Waals surface area contributed by atoms with Crippen LogP contribution in [0.5, 0.6) is 11.5 Å². The van der Waals surface area contributed by atoms with Crippen LogP contribution in [0.25, 0.3) is 0 Å². The SMILES string of the molecule is COc1cc2c(cc1O)SCCC2. The minimum absolute atomic E-state index is 0.246. The molecule has 0 bridgehead atoms. The fraction of sp³-hybridized carbons (Fsp3) is 0.400. The Morgan fingerprint density at radius 3 is 3.08 bits per heavy atom. The minimum Gasteiger partial charge on any atom is -0.504 e. The number of aryl methyl sites for hydroxylation is 1. The summed E-state index contributed by atoms with van der Waals surface area (Å²) in [6.45, 7) is 0. The van der Waals surface area contributed by atoms with E-state index < -0.39 is 0 Å². The molecule has 1 aliphatic heterocycles. The molecule has 2 rings (SSSR count). The van der Waals surface area contributed by atoms with Gasteiger partial charge in [0.05, 0.1) is 7.11 Å². The summed E-state index contributed by atoms with van der Waals surface area (Å²) in [6.07, 6.45) is 2.31. The molecule has 1 aromatic carbocycles. The molecular weight excluding hydrogens is 184 g/mol. The molecule has 0 fully saturated rings. The Hall–Kier alpha value is -0.830. The highest BCUT2D eigenvalue weighted by Crippen LogP contribution is 2.37. The van der Waals surface area contributed by atoms with Crippen molar-refractivity contribution < 1.29 is 9.84 Å². The summed E-state index contributed by atoms with van der Waals surface area (Å²) in [5.74, 6) is 1.98. The van der Waals surface area contributed by atoms with Crippen LogP contribution in [0.15, 0.2) is 17.0 Å². The van der Waals surface area contributed by atoms with E-state index >= 15 is 0 Å². The number of phenolic OH excluding ortho intramolecular Hbond substituents is 1. The number of hydrogen-bond donors (Lipinski definition) is 1. The van der Waals surface area contributed by atoms with Crippen LogP contribution in [0.2, 0.25) is 0 Å². The number of phenols is 1. The Balaban J connectivity index is 2.44. The van der Waals surface area contributed by atoms with Gasteiger partial charge < -0.3 is 9.84 Å². The molecular formula is C10H12O2S. The lowest BCUT2D eigenvalue weighted by atomic mass is 10.1. The van der Waals surface area contributed by atoms with Gasteiger partial charge in [-0.1, -0.05) is 0 Å². The van der Waals surface area contributed by atoms with Gasteiger partial charge in [-0.05, 0) is 36.3 Å². The Morgan fingerprint density at radius 2 is 2.31 bits per heavy atom. The van der Waals surface area contributed by atoms with Crippen LogP contribution in [0, 0.1) is 0 Å². The van der Waals surface area contributed by atoms with Gasteiger partial charge in [-0.2, -0.15) is 0 Å². The van der Waals surface area contributed by atoms with Gasteiger partial charge in [-0.15, -0.1) is 11.8 Å². The van der Waals surface area contributed by atoms with Crippen LogP contribution in [0.3, 0.4) is 0 Å². The third-order valence-corrected chi connectivity index (χ3v) is 3.39. The van der Waals surface area contributed by atoms with Crippen molar-refractivity contribution in [2.75, 3.05) is 12.9 Å². The van der Waals surface area contributed by atoms with E-state index in [2.05, 4.69) is 0 Å². The molecule has 0 saturated carbocycles. The van der Waals surface area contributed by atoms with E-state index in [1.54, 1.807) is 24.9 Å². The van der Waals surface area contributed by atoms with Crippen LogP contribution >= 0.6 is 11.8 Å². The second kappa shape index (κ2) is 3.50. The molecule has 0 atom stereocenters. The van der Waals surface area contributed by atoms with Crippen LogP contribution in [0.4, 0.5) is 0 Å². The van der Waals surface area contributed by atoms with Gasteiger partial charge in [0.2, 0.25) is 0 Å². The van der Waals surface area contributed by atoms with Gasteiger partial charge in [0.15, 0.2) is 11.5 Å². The van der Waals surface area contributed by atoms with Gasteiger partial charge in [-0.25, -0.2) is 0 Å². The number of benzene rings is 1. The largest absolute Gasteiger partial charge is 0.504 e. The van der Waals surface area contributed by atoms with E-state index in [9.17, 15) is 5.11 Å². The van der Waals surface area contributed by atoms with Crippen molar-refractivity contribution in [2.45, 2.75) is 17.7 Å². The first-order chi connectivity index (χ1) is 6.31. The molecule has 1 aromatic rings. The fourth-order valence-corrected chi connectivity index (χ4v) is 2.58. The third kappa shape index (κ3) is 1.61. The van der Waals surface area contributed by atoms with E-state index in [1.807, 2.05) is 6.07 Å². The summed E-state index contributed by atoms with van der Waals surface area (Å²) in [5.41, 5.74) is 1.30. The van der Waals surface area contributed by atoms with E-state index in [4.69, 9.17) is 4.74 Å². The lowest BCUT2D eigenvalue weighted by Crippen LogP contribution is -1.98. The molecule has 0 aliphatic carbocycles. The maximum absolute atomic E-state index is 9.53. The molecule has 3 heteroatoms. The van der Waals surface area contributed by atoms with Crippen molar-refractivity contribution in [1.29, 1.82) is 0 Å². The first-order valence-corrected chi connectivity index (χ1v) is 5.32. The number of methoxy groups -OCH3 is 1. The number of hydrogen-bond acceptors (Lipinski definition) is 3. The Bertz CT molecular complexity index is 323. The monoisotopic (exact) mass is 196 g/mol. The zero-order valence-corrected chi connectivity index (χ0v) is 8.36. The van der Waals surface area contributed by atoms with Crippen molar-refractivity contribution in [3.05, 3.63) is 17.7 Å². The maximum Gasteiger partial charge on any atom is 0.160 e. The first-order valence-electron chi connectivity index (χ1n) is 4.34. The van der Waals surface area contributed by atoms with Crippen molar-refractivity contribution in [3.63, 3.8) is 0 Å². The van der Waals surface area contributed by atoms with Gasteiger partial charge in [-0.3, -0.25) is 0 Å². The molecule has 0 radical (unpaired) electrons. The Morgan fingerprint density at radius 1 is 1.46 bits per heavy atom. The average molecular weight is 196 g/mol. The first kappa shape index (κ1) is 8.75. The molecule has 13 heavy (non-hydrogen) atoms. The zero-order chi connectivity index (χ0) is 9.26. The molecule has 2 nitrogen and oxygen atoms in total. The molecule has 1 N–H and O–H groups in total. The summed E-state index contributed by atoms with van der Waals surface area (Å²) in [5, 5.41) is 9.53. The summed E-state index contributed by atoms with van der Waals surface area (Å²) in [4.78, 5) is 1.20. The topological polar surface area (TPSA) is 29.5 Å². The molecule has 0 unspecified atom stereocenters. The van der Waals surface area contributed by atoms with Crippen molar-refractivity contribution in [1.82, 2.24) is 0 Å². The van der Waals surface area contributed by atoms with Gasteiger partial charge in [0.1, 0.15) is 0 Å². The smallest absolute Gasteiger partial charge is 0.160 e. The third-order valence-electron chi connectivity index (χ3n) is 2.21. The normalized spacial score (nSPS) is 15.2. The lowest BCUT2D eigenvalue weighted by molar-refractivity contribution is 0.371. The lowest BCUT2D eigenvalue weighted by Gasteiger charge is -2.16. The zero-order valence-electron chi connectivity index (χ0n) is 7.54. The maximum atomic E-state index is 9.53. The Labute approximate surface area is 81.9 Å². The van der Waals surface area contributed by atoms with Crippen molar-refractivity contribution in [3.8, 4) is 11.5 Å². The molecule has 70 valence electrons. The summed E-state index contributed by atoms with van der Waals surface area (Å²) in [7, 11) is 1.58. The molecule has 0 spiro atoms. The van der Waals surface area contributed by atoms with Gasteiger partial charge in [0.25, 0.3) is 0 Å². The van der Waals surface area contributed by atoms with Crippen LogP contribution < -0.4 is 4.74 Å². The minimum atomic E-state index is 0.246. The van der Waals surface area contributed by atoms with Crippen LogP contribution in [-0.2, 0) is 6.42 Å². The Kier molecular flexibility index (Phi) is 2.36. The summed E-state index contributed by atoms with van der Waals surface area (Å²) in [6, 6.07) is 3.74. The number of ether oxygens (including phenoxy) is 1. The van der Waals surface area contributed by atoms with E-state index in [1.165, 1.54) is 16.9 Å². The highest BCUT2D eigenvalue weighted by Gasteiger charge is 2.13. The fourth-order valence-electron chi connectivity index (χ4n) is 1.53. The quantitative estimate of drug-likeness (QED) is 0.748. The van der Waals surface area contributed by atoms with Gasteiger partial charge >= 0.3 is 0 Å². The number of aromatic hydroxyl groups is 1. The van der Waals surface area contributed by atoms with E-state index in [0.717, 1.165) is 12.2 Å². The highest BCUT2D eigenvalue weighted by molar-refractivity contribution is 7.99. The predicted molar refractivity (Wildman–Crippen MR) is 53.7 cm³/mol. The number of thioether (sulfide) groups is 1. The van der Waals surface area contributed by atoms with E-state index in [0.29, 0.717) is 5.75 Å². The molecule has 1 aliphatic rings. The number of rotatable bonds is 1. The highest BCUT2D eigenvalue weighted by atomic mass is 32.2. The molecule has 1 heterocycles. The van der Waals surface area contributed by atoms with E-state index in [-0.39, 0.29) is 5.75 Å². The molecule has 0 aromatic heterocycles. The summed E-state index contributed by atoms with van der Waals surface area (Å²) >= 11 is 1.81. The van der Waals surface area contributed by atoms with Gasteiger partial charge in [0, 0.05) is 4.90 Å². The predicted octanol–water partition coefficient (Wildman–Crippen LogP) is 2.44. The van der Waals surface area contributed by atoms with Crippen molar-refractivity contribution in [2.24, 2.45) is 0 Å². The molecule has 0 amide bonds. The van der Waals surface area contributed by atoms with Crippen molar-refractivity contribution >= 4 is 11.8 Å². The average Bonchev–Trinajstić information content (AvgIpc) is 2.17. The second-order valence-corrected chi connectivity index (χ2v) is 4.22. The standard InChI is InChI=1S/C10H12O2S/c1-12-9-5-7-3-2-4-13-10(7)6-8(9)11/h5-6,11H,2-4H2,1H3. The van der Waals surface area contributed by atoms with Crippen LogP contribution in [0.1, 0.15) is 12.0 Å². The second-order valence-electron chi connectivity index (χ2n) is 3.08. The molecule has 0 saturated heterocycles. The van der Waals surface area contributed by atoms with Crippen LogP contribution in [-0.4, -0.2) is 18.0 Å². The summed E-state index contributed by atoms with van der Waals surface area (Å²) < 4.78 is 5.05.